The third kappa shape index (κ3) is 5.37. The maximum Gasteiger partial charge on any atom is 0.340 e. The molecule has 0 aliphatic heterocycles. The molecule has 2 aromatic carbocycles. The van der Waals surface area contributed by atoms with Crippen molar-refractivity contribution in [3.05, 3.63) is 70.0 Å². The molecular formula is C21H21N3O7. The normalized spacial score (nSPS) is 10.5. The number of esters is 1. The molecule has 0 spiro atoms. The molecule has 0 saturated heterocycles. The number of methoxy groups -OCH3 is 2. The van der Waals surface area contributed by atoms with Crippen LogP contribution in [0.5, 0.6) is 5.75 Å². The molecular weight excluding hydrogens is 406 g/mol. The third-order valence-electron chi connectivity index (χ3n) is 4.34. The summed E-state index contributed by atoms with van der Waals surface area (Å²) in [5.41, 5.74) is 1.48. The van der Waals surface area contributed by atoms with Crippen LogP contribution >= 0.6 is 0 Å². The van der Waals surface area contributed by atoms with Crippen molar-refractivity contribution >= 4 is 17.3 Å². The summed E-state index contributed by atoms with van der Waals surface area (Å²) in [4.78, 5) is 23.1. The number of para-hydroxylation sites is 1. The summed E-state index contributed by atoms with van der Waals surface area (Å²) in [6.45, 7) is 0.620. The fraction of sp³-hybridized carbons (Fsp3) is 0.238. The predicted molar refractivity (Wildman–Crippen MR) is 111 cm³/mol. The molecule has 0 fully saturated rings. The first kappa shape index (κ1) is 21.8. The molecule has 3 aromatic rings. The number of carbonyl (C=O) groups is 1. The van der Waals surface area contributed by atoms with Crippen molar-refractivity contribution in [1.82, 2.24) is 5.16 Å². The topological polar surface area (TPSA) is 126 Å². The zero-order chi connectivity index (χ0) is 22.2. The van der Waals surface area contributed by atoms with Crippen molar-refractivity contribution in [2.24, 2.45) is 0 Å². The molecule has 0 atom stereocenters. The fourth-order valence-corrected chi connectivity index (χ4v) is 2.84. The Hall–Kier alpha value is -3.92. The summed E-state index contributed by atoms with van der Waals surface area (Å²) in [5, 5.41) is 18.1. The molecule has 0 bridgehead atoms. The first-order chi connectivity index (χ1) is 15.0. The zero-order valence-electron chi connectivity index (χ0n) is 17.0. The summed E-state index contributed by atoms with van der Waals surface area (Å²) < 4.78 is 20.8. The van der Waals surface area contributed by atoms with Crippen molar-refractivity contribution < 1.29 is 28.5 Å². The molecule has 1 N–H and O–H groups in total. The van der Waals surface area contributed by atoms with Crippen molar-refractivity contribution in [3.8, 4) is 17.0 Å². The number of hydrogen-bond donors (Lipinski definition) is 1. The van der Waals surface area contributed by atoms with Crippen LogP contribution in [0.2, 0.25) is 0 Å². The van der Waals surface area contributed by atoms with Crippen LogP contribution in [0.4, 0.5) is 11.4 Å². The van der Waals surface area contributed by atoms with Gasteiger partial charge in [-0.3, -0.25) is 10.1 Å². The highest BCUT2D eigenvalue weighted by molar-refractivity contribution is 5.96. The van der Waals surface area contributed by atoms with Gasteiger partial charge in [0.2, 0.25) is 0 Å². The third-order valence-corrected chi connectivity index (χ3v) is 4.34. The van der Waals surface area contributed by atoms with Crippen LogP contribution in [0, 0.1) is 10.1 Å². The number of rotatable bonds is 10. The summed E-state index contributed by atoms with van der Waals surface area (Å²) in [6, 6.07) is 12.9. The number of benzene rings is 2. The van der Waals surface area contributed by atoms with E-state index in [2.05, 4.69) is 10.5 Å². The maximum atomic E-state index is 12.6. The number of anilines is 1. The maximum absolute atomic E-state index is 12.6. The Morgan fingerprint density at radius 3 is 2.74 bits per heavy atom. The minimum Gasteiger partial charge on any atom is -0.496 e. The Morgan fingerprint density at radius 1 is 1.19 bits per heavy atom. The standard InChI is InChI=1S/C21H21N3O7/c1-28-10-9-22-18-8-7-14(24(26)27)11-17(18)21(25)30-13-15-12-19(23-31-15)16-5-3-4-6-20(16)29-2/h3-8,11-12,22H,9-10,13H2,1-2H3. The van der Waals surface area contributed by atoms with Crippen LogP contribution in [-0.4, -0.2) is 43.4 Å². The Balaban J connectivity index is 1.74. The average Bonchev–Trinajstić information content (AvgIpc) is 3.26. The smallest absolute Gasteiger partial charge is 0.340 e. The molecule has 0 aliphatic carbocycles. The molecule has 0 aliphatic rings. The van der Waals surface area contributed by atoms with E-state index in [1.165, 1.54) is 12.1 Å². The second-order valence-electron chi connectivity index (χ2n) is 6.36. The van der Waals surface area contributed by atoms with Gasteiger partial charge in [-0.05, 0) is 18.2 Å². The minimum absolute atomic E-state index is 0.0368. The van der Waals surface area contributed by atoms with Gasteiger partial charge in [-0.15, -0.1) is 0 Å². The first-order valence-electron chi connectivity index (χ1n) is 9.31. The van der Waals surface area contributed by atoms with Crippen LogP contribution in [-0.2, 0) is 16.1 Å². The molecule has 0 radical (unpaired) electrons. The molecule has 162 valence electrons. The van der Waals surface area contributed by atoms with Gasteiger partial charge in [0.25, 0.3) is 5.69 Å². The fourth-order valence-electron chi connectivity index (χ4n) is 2.84. The number of carbonyl (C=O) groups excluding carboxylic acids is 1. The van der Waals surface area contributed by atoms with Crippen molar-refractivity contribution in [2.45, 2.75) is 6.61 Å². The number of nitro benzene ring substituents is 1. The van der Waals surface area contributed by atoms with E-state index in [0.29, 0.717) is 36.0 Å². The van der Waals surface area contributed by atoms with Gasteiger partial charge in [-0.1, -0.05) is 17.3 Å². The van der Waals surface area contributed by atoms with Crippen LogP contribution in [0.3, 0.4) is 0 Å². The van der Waals surface area contributed by atoms with Gasteiger partial charge in [0.15, 0.2) is 12.4 Å². The monoisotopic (exact) mass is 427 g/mol. The van der Waals surface area contributed by atoms with E-state index in [0.717, 1.165) is 11.6 Å². The van der Waals surface area contributed by atoms with Crippen LogP contribution < -0.4 is 10.1 Å². The van der Waals surface area contributed by atoms with E-state index in [4.69, 9.17) is 18.7 Å². The predicted octanol–water partition coefficient (Wildman–Crippen LogP) is 3.67. The number of nitrogens with zero attached hydrogens (tertiary/aromatic N) is 2. The van der Waals surface area contributed by atoms with Gasteiger partial charge in [-0.2, -0.15) is 0 Å². The Kier molecular flexibility index (Phi) is 7.17. The number of non-ortho nitro benzene ring substituents is 1. The van der Waals surface area contributed by atoms with Gasteiger partial charge >= 0.3 is 5.97 Å². The van der Waals surface area contributed by atoms with Gasteiger partial charge < -0.3 is 24.1 Å². The average molecular weight is 427 g/mol. The van der Waals surface area contributed by atoms with Crippen LogP contribution in [0.15, 0.2) is 53.1 Å². The molecule has 0 unspecified atom stereocenters. The summed E-state index contributed by atoms with van der Waals surface area (Å²) in [6.07, 6.45) is 0. The number of nitrogens with one attached hydrogen (secondary N) is 1. The minimum atomic E-state index is -0.737. The van der Waals surface area contributed by atoms with E-state index >= 15 is 0 Å². The Labute approximate surface area is 177 Å². The van der Waals surface area contributed by atoms with Crippen molar-refractivity contribution in [1.29, 1.82) is 0 Å². The van der Waals surface area contributed by atoms with Gasteiger partial charge in [0.1, 0.15) is 11.4 Å². The van der Waals surface area contributed by atoms with Crippen LogP contribution in [0.1, 0.15) is 16.1 Å². The molecule has 31 heavy (non-hydrogen) atoms. The molecule has 1 heterocycles. The number of hydrogen-bond acceptors (Lipinski definition) is 9. The number of aromatic nitrogens is 1. The van der Waals surface area contributed by atoms with Crippen molar-refractivity contribution in [2.75, 3.05) is 32.7 Å². The zero-order valence-corrected chi connectivity index (χ0v) is 17.0. The van der Waals surface area contributed by atoms with Gasteiger partial charge in [-0.25, -0.2) is 4.79 Å². The SMILES string of the molecule is COCCNc1ccc([N+](=O)[O-])cc1C(=O)OCc1cc(-c2ccccc2OC)no1. The summed E-state index contributed by atoms with van der Waals surface area (Å²) in [7, 11) is 3.10. The molecule has 0 saturated carbocycles. The van der Waals surface area contributed by atoms with E-state index < -0.39 is 10.9 Å². The van der Waals surface area contributed by atoms with Gasteiger partial charge in [0.05, 0.1) is 24.2 Å². The molecule has 0 amide bonds. The second kappa shape index (κ2) is 10.2. The van der Waals surface area contributed by atoms with Crippen LogP contribution in [0.25, 0.3) is 11.3 Å². The summed E-state index contributed by atoms with van der Waals surface area (Å²) in [5.74, 6) is 0.204. The quantitative estimate of drug-likeness (QED) is 0.223. The largest absolute Gasteiger partial charge is 0.496 e. The van der Waals surface area contributed by atoms with E-state index in [9.17, 15) is 14.9 Å². The molecule has 1 aromatic heterocycles. The second-order valence-corrected chi connectivity index (χ2v) is 6.36. The highest BCUT2D eigenvalue weighted by atomic mass is 16.6. The lowest BCUT2D eigenvalue weighted by Crippen LogP contribution is -2.13. The highest BCUT2D eigenvalue weighted by Gasteiger charge is 2.19. The first-order valence-corrected chi connectivity index (χ1v) is 9.31. The van der Waals surface area contributed by atoms with E-state index in [1.807, 2.05) is 18.2 Å². The summed E-state index contributed by atoms with van der Waals surface area (Å²) >= 11 is 0. The molecule has 10 heteroatoms. The van der Waals surface area contributed by atoms with Gasteiger partial charge in [0, 0.05) is 43.1 Å². The Bertz CT molecular complexity index is 1060. The lowest BCUT2D eigenvalue weighted by Gasteiger charge is -2.11. The van der Waals surface area contributed by atoms with E-state index in [1.54, 1.807) is 26.4 Å². The highest BCUT2D eigenvalue weighted by Crippen LogP contribution is 2.29. The van der Waals surface area contributed by atoms with Crippen molar-refractivity contribution in [3.63, 3.8) is 0 Å². The molecule has 3 rings (SSSR count). The lowest BCUT2D eigenvalue weighted by molar-refractivity contribution is -0.384. The Morgan fingerprint density at radius 2 is 2.00 bits per heavy atom. The number of ether oxygens (including phenoxy) is 3. The number of nitro groups is 1. The lowest BCUT2D eigenvalue weighted by atomic mass is 10.1. The molecule has 10 nitrogen and oxygen atoms in total. The van der Waals surface area contributed by atoms with E-state index in [-0.39, 0.29) is 17.9 Å².